The zero-order chi connectivity index (χ0) is 14.3. The molecule has 0 aliphatic carbocycles. The normalized spacial score (nSPS) is 11.2. The molecule has 0 bridgehead atoms. The molecular weight excluding hydrogens is 276 g/mol. The third kappa shape index (κ3) is 4.54. The second-order valence-electron chi connectivity index (χ2n) is 4.37. The summed E-state index contributed by atoms with van der Waals surface area (Å²) in [6.07, 6.45) is 3.24. The molecule has 1 heterocycles. The van der Waals surface area contributed by atoms with Crippen molar-refractivity contribution in [1.29, 1.82) is 0 Å². The molecule has 110 valence electrons. The van der Waals surface area contributed by atoms with Crippen LogP contribution in [0, 0.1) is 0 Å². The molecule has 1 rings (SSSR count). The number of aromatic nitrogens is 1. The van der Waals surface area contributed by atoms with Gasteiger partial charge in [-0.05, 0) is 50.8 Å². The van der Waals surface area contributed by atoms with Crippen LogP contribution in [0.4, 0.5) is 10.8 Å². The number of nitrogen functional groups attached to an aromatic ring is 1. The minimum absolute atomic E-state index is 0.676. The summed E-state index contributed by atoms with van der Waals surface area (Å²) in [5.74, 6) is 0.676. The van der Waals surface area contributed by atoms with Crippen molar-refractivity contribution in [3.63, 3.8) is 0 Å². The van der Waals surface area contributed by atoms with Gasteiger partial charge in [0, 0.05) is 13.1 Å². The van der Waals surface area contributed by atoms with E-state index < -0.39 is 0 Å². The van der Waals surface area contributed by atoms with Crippen molar-refractivity contribution in [2.45, 2.75) is 32.1 Å². The summed E-state index contributed by atoms with van der Waals surface area (Å²) in [5.41, 5.74) is 5.91. The highest BCUT2D eigenvalue weighted by atomic mass is 32.2. The van der Waals surface area contributed by atoms with Crippen LogP contribution in [0.25, 0.3) is 0 Å². The third-order valence-electron chi connectivity index (χ3n) is 3.33. The molecule has 0 saturated carbocycles. The Labute approximate surface area is 125 Å². The Morgan fingerprint density at radius 2 is 1.84 bits per heavy atom. The molecule has 0 unspecified atom stereocenters. The van der Waals surface area contributed by atoms with E-state index in [2.05, 4.69) is 41.2 Å². The Kier molecular flexibility index (Phi) is 7.56. The lowest BCUT2D eigenvalue weighted by Crippen LogP contribution is -2.29. The summed E-state index contributed by atoms with van der Waals surface area (Å²) < 4.78 is 4.28. The van der Waals surface area contributed by atoms with Crippen LogP contribution in [0.3, 0.4) is 0 Å². The van der Waals surface area contributed by atoms with Gasteiger partial charge in [-0.3, -0.25) is 0 Å². The first kappa shape index (κ1) is 16.6. The molecule has 0 fully saturated rings. The number of nitrogens with zero attached hydrogens (tertiary/aromatic N) is 3. The van der Waals surface area contributed by atoms with Gasteiger partial charge in [-0.2, -0.15) is 4.37 Å². The van der Waals surface area contributed by atoms with E-state index in [0.717, 1.165) is 37.6 Å². The molecule has 0 spiro atoms. The predicted octanol–water partition coefficient (Wildman–Crippen LogP) is 3.01. The summed E-state index contributed by atoms with van der Waals surface area (Å²) in [5, 5.41) is 1.23. The minimum atomic E-state index is 0.676. The van der Waals surface area contributed by atoms with Gasteiger partial charge >= 0.3 is 0 Å². The van der Waals surface area contributed by atoms with Crippen LogP contribution in [-0.4, -0.2) is 48.3 Å². The first-order valence-corrected chi connectivity index (χ1v) is 8.94. The monoisotopic (exact) mass is 302 g/mol. The van der Waals surface area contributed by atoms with E-state index in [4.69, 9.17) is 5.73 Å². The zero-order valence-corrected chi connectivity index (χ0v) is 14.1. The molecule has 19 heavy (non-hydrogen) atoms. The number of rotatable bonds is 9. The maximum atomic E-state index is 5.91. The van der Waals surface area contributed by atoms with E-state index in [1.165, 1.54) is 23.0 Å². The van der Waals surface area contributed by atoms with Crippen molar-refractivity contribution in [3.8, 4) is 0 Å². The van der Waals surface area contributed by atoms with E-state index in [0.29, 0.717) is 5.82 Å². The van der Waals surface area contributed by atoms with E-state index in [1.54, 1.807) is 11.8 Å². The minimum Gasteiger partial charge on any atom is -0.382 e. The Hall–Kier alpha value is -0.460. The number of anilines is 2. The van der Waals surface area contributed by atoms with Crippen LogP contribution in [0.1, 0.15) is 27.2 Å². The van der Waals surface area contributed by atoms with Gasteiger partial charge in [0.05, 0.1) is 4.90 Å². The molecule has 0 amide bonds. The molecule has 0 aromatic carbocycles. The molecule has 0 radical (unpaired) electrons. The van der Waals surface area contributed by atoms with E-state index in [-0.39, 0.29) is 0 Å². The average molecular weight is 303 g/mol. The zero-order valence-electron chi connectivity index (χ0n) is 12.5. The van der Waals surface area contributed by atoms with Gasteiger partial charge in [-0.1, -0.05) is 13.8 Å². The van der Waals surface area contributed by atoms with Gasteiger partial charge in [-0.25, -0.2) is 0 Å². The molecule has 6 heteroatoms. The van der Waals surface area contributed by atoms with Crippen LogP contribution in [0.15, 0.2) is 4.90 Å². The Morgan fingerprint density at radius 3 is 2.37 bits per heavy atom. The predicted molar refractivity (Wildman–Crippen MR) is 88.6 cm³/mol. The summed E-state index contributed by atoms with van der Waals surface area (Å²) in [6, 6.07) is 0. The van der Waals surface area contributed by atoms with Gasteiger partial charge in [0.2, 0.25) is 0 Å². The Balaban J connectivity index is 2.58. The summed E-state index contributed by atoms with van der Waals surface area (Å²) in [6.45, 7) is 12.1. The second kappa shape index (κ2) is 8.66. The second-order valence-corrected chi connectivity index (χ2v) is 5.93. The largest absolute Gasteiger partial charge is 0.382 e. The fraction of sp³-hybridized carbons (Fsp3) is 0.769. The Morgan fingerprint density at radius 1 is 1.16 bits per heavy atom. The third-order valence-corrected chi connectivity index (χ3v) is 5.19. The van der Waals surface area contributed by atoms with Gasteiger partial charge in [-0.15, -0.1) is 11.8 Å². The molecule has 0 aliphatic rings. The number of nitrogens with two attached hydrogens (primary N) is 1. The maximum absolute atomic E-state index is 5.91. The number of thioether (sulfide) groups is 1. The summed E-state index contributed by atoms with van der Waals surface area (Å²) in [7, 11) is 0. The lowest BCUT2D eigenvalue weighted by Gasteiger charge is -2.24. The highest BCUT2D eigenvalue weighted by Gasteiger charge is 2.16. The van der Waals surface area contributed by atoms with Crippen LogP contribution >= 0.6 is 23.3 Å². The molecule has 2 N–H and O–H groups in total. The molecular formula is C13H26N4S2. The first-order valence-electron chi connectivity index (χ1n) is 6.94. The van der Waals surface area contributed by atoms with Crippen LogP contribution in [0.5, 0.6) is 0 Å². The molecule has 0 aliphatic heterocycles. The van der Waals surface area contributed by atoms with Crippen LogP contribution in [-0.2, 0) is 0 Å². The van der Waals surface area contributed by atoms with Gasteiger partial charge < -0.3 is 15.5 Å². The first-order chi connectivity index (χ1) is 9.17. The van der Waals surface area contributed by atoms with Gasteiger partial charge in [0.25, 0.3) is 0 Å². The Bertz CT molecular complexity index is 364. The quantitative estimate of drug-likeness (QED) is 0.711. The molecule has 4 nitrogen and oxygen atoms in total. The van der Waals surface area contributed by atoms with Crippen molar-refractivity contribution in [2.75, 3.05) is 49.6 Å². The SMILES string of the molecule is CCN(CC)CCCN(CC)c1snc(N)c1SC. The molecule has 0 atom stereocenters. The van der Waals surface area contributed by atoms with Crippen LogP contribution in [0.2, 0.25) is 0 Å². The fourth-order valence-corrected chi connectivity index (χ4v) is 3.88. The van der Waals surface area contributed by atoms with Crippen molar-refractivity contribution in [2.24, 2.45) is 0 Å². The van der Waals surface area contributed by atoms with Crippen molar-refractivity contribution in [3.05, 3.63) is 0 Å². The topological polar surface area (TPSA) is 45.4 Å². The van der Waals surface area contributed by atoms with Gasteiger partial charge in [0.15, 0.2) is 5.82 Å². The maximum Gasteiger partial charge on any atom is 0.153 e. The van der Waals surface area contributed by atoms with E-state index >= 15 is 0 Å². The van der Waals surface area contributed by atoms with E-state index in [9.17, 15) is 0 Å². The van der Waals surface area contributed by atoms with Crippen molar-refractivity contribution < 1.29 is 0 Å². The summed E-state index contributed by atoms with van der Waals surface area (Å²) >= 11 is 3.21. The summed E-state index contributed by atoms with van der Waals surface area (Å²) in [4.78, 5) is 5.99. The van der Waals surface area contributed by atoms with Crippen molar-refractivity contribution >= 4 is 34.1 Å². The molecule has 1 aromatic heterocycles. The van der Waals surface area contributed by atoms with Crippen molar-refractivity contribution in [1.82, 2.24) is 9.27 Å². The average Bonchev–Trinajstić information content (AvgIpc) is 2.80. The molecule has 1 aromatic rings. The number of hydrogen-bond acceptors (Lipinski definition) is 6. The fourth-order valence-electron chi connectivity index (χ4n) is 2.11. The highest BCUT2D eigenvalue weighted by molar-refractivity contribution is 7.99. The standard InChI is InChI=1S/C13H26N4S2/c1-5-16(6-2)9-8-10-17(7-3)13-11(18-4)12(14)15-19-13/h5-10H2,1-4H3,(H2,14,15). The van der Waals surface area contributed by atoms with Crippen LogP contribution < -0.4 is 10.6 Å². The number of hydrogen-bond donors (Lipinski definition) is 1. The highest BCUT2D eigenvalue weighted by Crippen LogP contribution is 2.37. The van der Waals surface area contributed by atoms with Gasteiger partial charge in [0.1, 0.15) is 5.00 Å². The lowest BCUT2D eigenvalue weighted by atomic mass is 10.3. The van der Waals surface area contributed by atoms with E-state index in [1.807, 2.05) is 0 Å². The lowest BCUT2D eigenvalue weighted by molar-refractivity contribution is 0.301. The molecule has 0 saturated heterocycles. The smallest absolute Gasteiger partial charge is 0.153 e.